The molecule has 0 spiro atoms. The maximum Gasteiger partial charge on any atom is 0.261 e. The molecule has 0 unspecified atom stereocenters. The SMILES string of the molecule is NCCCNCCCNCCCCN1C(=O)c2ccccc2C1=O. The Morgan fingerprint density at radius 2 is 1.33 bits per heavy atom. The lowest BCUT2D eigenvalue weighted by Crippen LogP contribution is -2.31. The van der Waals surface area contributed by atoms with Gasteiger partial charge in [-0.2, -0.15) is 0 Å². The summed E-state index contributed by atoms with van der Waals surface area (Å²) in [4.78, 5) is 25.8. The highest BCUT2D eigenvalue weighted by Gasteiger charge is 2.34. The van der Waals surface area contributed by atoms with Crippen molar-refractivity contribution in [3.05, 3.63) is 35.4 Å². The summed E-state index contributed by atoms with van der Waals surface area (Å²) < 4.78 is 0. The van der Waals surface area contributed by atoms with E-state index in [9.17, 15) is 9.59 Å². The van der Waals surface area contributed by atoms with Crippen molar-refractivity contribution in [1.29, 1.82) is 0 Å². The average molecular weight is 332 g/mol. The molecule has 2 amide bonds. The van der Waals surface area contributed by atoms with Crippen molar-refractivity contribution in [1.82, 2.24) is 15.5 Å². The Bertz CT molecular complexity index is 513. The molecule has 1 heterocycles. The lowest BCUT2D eigenvalue weighted by Gasteiger charge is -2.13. The quantitative estimate of drug-likeness (QED) is 0.392. The molecule has 6 heteroatoms. The van der Waals surface area contributed by atoms with Crippen molar-refractivity contribution in [2.45, 2.75) is 25.7 Å². The summed E-state index contributed by atoms with van der Waals surface area (Å²) >= 11 is 0. The van der Waals surface area contributed by atoms with Crippen LogP contribution in [-0.4, -0.2) is 56.0 Å². The number of nitrogens with two attached hydrogens (primary N) is 1. The minimum Gasteiger partial charge on any atom is -0.330 e. The number of benzene rings is 1. The van der Waals surface area contributed by atoms with E-state index in [1.165, 1.54) is 4.90 Å². The van der Waals surface area contributed by atoms with Gasteiger partial charge in [0, 0.05) is 6.54 Å². The van der Waals surface area contributed by atoms with E-state index in [1.807, 2.05) is 0 Å². The van der Waals surface area contributed by atoms with Gasteiger partial charge >= 0.3 is 0 Å². The number of carbonyl (C=O) groups is 2. The molecule has 0 aromatic heterocycles. The zero-order valence-corrected chi connectivity index (χ0v) is 14.2. The molecular weight excluding hydrogens is 304 g/mol. The second-order valence-electron chi connectivity index (χ2n) is 6.01. The Kier molecular flexibility index (Phi) is 7.88. The summed E-state index contributed by atoms with van der Waals surface area (Å²) in [5.74, 6) is -0.320. The number of hydrogen-bond donors (Lipinski definition) is 3. The topological polar surface area (TPSA) is 87.5 Å². The van der Waals surface area contributed by atoms with Gasteiger partial charge in [0.2, 0.25) is 0 Å². The number of nitrogens with one attached hydrogen (secondary N) is 2. The molecule has 0 atom stereocenters. The van der Waals surface area contributed by atoms with Crippen molar-refractivity contribution in [2.24, 2.45) is 5.73 Å². The van der Waals surface area contributed by atoms with Gasteiger partial charge < -0.3 is 16.4 Å². The molecule has 1 aliphatic heterocycles. The normalized spacial score (nSPS) is 13.6. The van der Waals surface area contributed by atoms with Crippen LogP contribution in [0.25, 0.3) is 0 Å². The van der Waals surface area contributed by atoms with Gasteiger partial charge in [0.15, 0.2) is 0 Å². The van der Waals surface area contributed by atoms with Crippen LogP contribution >= 0.6 is 0 Å². The first kappa shape index (κ1) is 18.6. The van der Waals surface area contributed by atoms with Crippen molar-refractivity contribution < 1.29 is 9.59 Å². The summed E-state index contributed by atoms with van der Waals surface area (Å²) in [6.07, 6.45) is 3.88. The maximum absolute atomic E-state index is 12.2. The molecule has 0 saturated carbocycles. The average Bonchev–Trinajstić information content (AvgIpc) is 2.84. The minimum atomic E-state index is -0.160. The summed E-state index contributed by atoms with van der Waals surface area (Å²) in [6, 6.07) is 7.03. The van der Waals surface area contributed by atoms with E-state index in [0.29, 0.717) is 17.7 Å². The van der Waals surface area contributed by atoms with E-state index >= 15 is 0 Å². The number of unbranched alkanes of at least 4 members (excludes halogenated alkanes) is 1. The number of rotatable bonds is 12. The second-order valence-corrected chi connectivity index (χ2v) is 6.01. The van der Waals surface area contributed by atoms with Gasteiger partial charge in [-0.15, -0.1) is 0 Å². The first-order valence-electron chi connectivity index (χ1n) is 8.82. The van der Waals surface area contributed by atoms with E-state index in [1.54, 1.807) is 24.3 Å². The van der Waals surface area contributed by atoms with Crippen LogP contribution in [-0.2, 0) is 0 Å². The van der Waals surface area contributed by atoms with E-state index in [4.69, 9.17) is 5.73 Å². The smallest absolute Gasteiger partial charge is 0.261 e. The molecule has 2 rings (SSSR count). The van der Waals surface area contributed by atoms with Crippen molar-refractivity contribution >= 4 is 11.8 Å². The van der Waals surface area contributed by atoms with E-state index in [-0.39, 0.29) is 11.8 Å². The molecule has 0 aliphatic carbocycles. The van der Waals surface area contributed by atoms with Crippen molar-refractivity contribution in [3.8, 4) is 0 Å². The molecular formula is C18H28N4O2. The Hall–Kier alpha value is -1.76. The molecule has 4 N–H and O–H groups in total. The fourth-order valence-electron chi connectivity index (χ4n) is 2.78. The second kappa shape index (κ2) is 10.2. The fourth-order valence-corrected chi connectivity index (χ4v) is 2.78. The molecule has 0 saturated heterocycles. The van der Waals surface area contributed by atoms with Crippen LogP contribution in [0, 0.1) is 0 Å². The highest BCUT2D eigenvalue weighted by Crippen LogP contribution is 2.22. The van der Waals surface area contributed by atoms with Gasteiger partial charge in [0.05, 0.1) is 11.1 Å². The van der Waals surface area contributed by atoms with Gasteiger partial charge in [-0.25, -0.2) is 0 Å². The fraction of sp³-hybridized carbons (Fsp3) is 0.556. The standard InChI is InChI=1S/C18H28N4O2/c19-9-5-11-21-13-6-12-20-10-3-4-14-22-17(23)15-7-1-2-8-16(15)18(22)24/h1-2,7-8,20-21H,3-6,9-14,19H2. The Morgan fingerprint density at radius 3 is 1.92 bits per heavy atom. The Labute approximate surface area is 143 Å². The predicted molar refractivity (Wildman–Crippen MR) is 95.1 cm³/mol. The Balaban J connectivity index is 1.53. The van der Waals surface area contributed by atoms with E-state index < -0.39 is 0 Å². The van der Waals surface area contributed by atoms with Gasteiger partial charge in [0.25, 0.3) is 11.8 Å². The van der Waals surface area contributed by atoms with Gasteiger partial charge in [-0.1, -0.05) is 12.1 Å². The first-order chi connectivity index (χ1) is 11.8. The largest absolute Gasteiger partial charge is 0.330 e. The number of fused-ring (bicyclic) bond motifs is 1. The lowest BCUT2D eigenvalue weighted by molar-refractivity contribution is 0.0651. The number of amides is 2. The Morgan fingerprint density at radius 1 is 0.792 bits per heavy atom. The predicted octanol–water partition coefficient (Wildman–Crippen LogP) is 0.981. The van der Waals surface area contributed by atoms with Crippen LogP contribution in [0.15, 0.2) is 24.3 Å². The maximum atomic E-state index is 12.2. The molecule has 24 heavy (non-hydrogen) atoms. The van der Waals surface area contributed by atoms with Crippen LogP contribution in [0.3, 0.4) is 0 Å². The van der Waals surface area contributed by atoms with Gasteiger partial charge in [-0.3, -0.25) is 14.5 Å². The summed E-state index contributed by atoms with van der Waals surface area (Å²) in [7, 11) is 0. The number of imide groups is 1. The van der Waals surface area contributed by atoms with Gasteiger partial charge in [0.1, 0.15) is 0 Å². The highest BCUT2D eigenvalue weighted by atomic mass is 16.2. The van der Waals surface area contributed by atoms with Crippen molar-refractivity contribution in [3.63, 3.8) is 0 Å². The molecule has 132 valence electrons. The third kappa shape index (κ3) is 5.12. The monoisotopic (exact) mass is 332 g/mol. The zero-order chi connectivity index (χ0) is 17.2. The summed E-state index contributed by atoms with van der Waals surface area (Å²) in [5, 5.41) is 6.73. The zero-order valence-electron chi connectivity index (χ0n) is 14.2. The van der Waals surface area contributed by atoms with Gasteiger partial charge in [-0.05, 0) is 70.5 Å². The molecule has 1 aromatic carbocycles. The number of nitrogens with zero attached hydrogens (tertiary/aromatic N) is 1. The minimum absolute atomic E-state index is 0.160. The highest BCUT2D eigenvalue weighted by molar-refractivity contribution is 6.21. The van der Waals surface area contributed by atoms with Crippen LogP contribution in [0.5, 0.6) is 0 Å². The van der Waals surface area contributed by atoms with Crippen LogP contribution < -0.4 is 16.4 Å². The molecule has 0 radical (unpaired) electrons. The molecule has 6 nitrogen and oxygen atoms in total. The number of carbonyl (C=O) groups excluding carboxylic acids is 2. The lowest BCUT2D eigenvalue weighted by atomic mass is 10.1. The summed E-state index contributed by atoms with van der Waals surface area (Å²) in [5.41, 5.74) is 6.49. The molecule has 1 aliphatic rings. The van der Waals surface area contributed by atoms with E-state index in [2.05, 4.69) is 10.6 Å². The third-order valence-corrected chi connectivity index (χ3v) is 4.13. The van der Waals surface area contributed by atoms with Crippen molar-refractivity contribution in [2.75, 3.05) is 39.3 Å². The molecule has 0 bridgehead atoms. The summed E-state index contributed by atoms with van der Waals surface area (Å²) in [6.45, 7) is 5.10. The van der Waals surface area contributed by atoms with Crippen LogP contribution in [0.2, 0.25) is 0 Å². The molecule has 0 fully saturated rings. The van der Waals surface area contributed by atoms with Crippen LogP contribution in [0.4, 0.5) is 0 Å². The first-order valence-corrected chi connectivity index (χ1v) is 8.82. The molecule has 1 aromatic rings. The number of hydrogen-bond acceptors (Lipinski definition) is 5. The van der Waals surface area contributed by atoms with Crippen LogP contribution in [0.1, 0.15) is 46.4 Å². The third-order valence-electron chi connectivity index (χ3n) is 4.13. The van der Waals surface area contributed by atoms with E-state index in [0.717, 1.165) is 58.4 Å².